The summed E-state index contributed by atoms with van der Waals surface area (Å²) in [5.41, 5.74) is 0.556. The average Bonchev–Trinajstić information content (AvgIpc) is 3.14. The van der Waals surface area contributed by atoms with E-state index in [2.05, 4.69) is 33.3 Å². The fourth-order valence-electron chi connectivity index (χ4n) is 2.52. The van der Waals surface area contributed by atoms with Crippen LogP contribution in [0.1, 0.15) is 32.6 Å². The molecule has 1 aliphatic carbocycles. The zero-order valence-electron chi connectivity index (χ0n) is 11.7. The van der Waals surface area contributed by atoms with Crippen molar-refractivity contribution in [2.45, 2.75) is 44.8 Å². The number of hydrogen-bond donors (Lipinski definition) is 1. The summed E-state index contributed by atoms with van der Waals surface area (Å²) in [6.07, 6.45) is 6.29. The molecule has 20 heavy (non-hydrogen) atoms. The van der Waals surface area contributed by atoms with E-state index >= 15 is 0 Å². The minimum Gasteiger partial charge on any atom is -0.380 e. The van der Waals surface area contributed by atoms with Gasteiger partial charge in [0.1, 0.15) is 4.47 Å². The second-order valence-electron chi connectivity index (χ2n) is 6.06. The standard InChI is InChI=1S/C14H20BrN3O2/c1-14(5-2-6-20-14)9-16-11-7-17-18(8-10-3-4-10)13(19)12(11)15/h7,10,16H,2-6,8-9H2,1H3. The molecule has 3 rings (SSSR count). The van der Waals surface area contributed by atoms with Gasteiger partial charge in [-0.3, -0.25) is 4.79 Å². The summed E-state index contributed by atoms with van der Waals surface area (Å²) in [6, 6.07) is 0. The van der Waals surface area contributed by atoms with Crippen LogP contribution in [0, 0.1) is 5.92 Å². The molecule has 2 heterocycles. The maximum atomic E-state index is 12.2. The van der Waals surface area contributed by atoms with Crippen LogP contribution in [0.4, 0.5) is 5.69 Å². The number of halogens is 1. The molecule has 1 aromatic heterocycles. The van der Waals surface area contributed by atoms with Gasteiger partial charge in [0.2, 0.25) is 0 Å². The zero-order chi connectivity index (χ0) is 14.2. The van der Waals surface area contributed by atoms with Crippen LogP contribution in [0.25, 0.3) is 0 Å². The van der Waals surface area contributed by atoms with E-state index in [4.69, 9.17) is 4.74 Å². The molecule has 0 aromatic carbocycles. The van der Waals surface area contributed by atoms with E-state index in [9.17, 15) is 4.79 Å². The molecule has 1 unspecified atom stereocenters. The Hall–Kier alpha value is -0.880. The van der Waals surface area contributed by atoms with Gasteiger partial charge in [-0.2, -0.15) is 5.10 Å². The van der Waals surface area contributed by atoms with Crippen molar-refractivity contribution < 1.29 is 4.74 Å². The van der Waals surface area contributed by atoms with Gasteiger partial charge in [0.25, 0.3) is 5.56 Å². The van der Waals surface area contributed by atoms with E-state index < -0.39 is 0 Å². The van der Waals surface area contributed by atoms with Crippen LogP contribution in [0.15, 0.2) is 15.5 Å². The molecule has 1 atom stereocenters. The zero-order valence-corrected chi connectivity index (χ0v) is 13.3. The first kappa shape index (κ1) is 14.1. The van der Waals surface area contributed by atoms with Crippen molar-refractivity contribution in [2.75, 3.05) is 18.5 Å². The first-order valence-corrected chi connectivity index (χ1v) is 8.00. The molecule has 6 heteroatoms. The molecule has 2 fully saturated rings. The summed E-state index contributed by atoms with van der Waals surface area (Å²) >= 11 is 3.39. The third kappa shape index (κ3) is 3.06. The molecular weight excluding hydrogens is 322 g/mol. The predicted molar refractivity (Wildman–Crippen MR) is 81.0 cm³/mol. The minimum atomic E-state index is -0.137. The Balaban J connectivity index is 1.70. The smallest absolute Gasteiger partial charge is 0.283 e. The Labute approximate surface area is 126 Å². The fraction of sp³-hybridized carbons (Fsp3) is 0.714. The number of hydrogen-bond acceptors (Lipinski definition) is 4. The normalized spacial score (nSPS) is 25.9. The first-order chi connectivity index (χ1) is 9.57. The summed E-state index contributed by atoms with van der Waals surface area (Å²) in [5, 5.41) is 7.54. The summed E-state index contributed by atoms with van der Waals surface area (Å²) in [6.45, 7) is 4.35. The minimum absolute atomic E-state index is 0.0561. The Morgan fingerprint density at radius 2 is 2.40 bits per heavy atom. The number of anilines is 1. The predicted octanol–water partition coefficient (Wildman–Crippen LogP) is 2.40. The second-order valence-corrected chi connectivity index (χ2v) is 6.85. The van der Waals surface area contributed by atoms with Gasteiger partial charge in [0, 0.05) is 19.7 Å². The lowest BCUT2D eigenvalue weighted by Crippen LogP contribution is -2.33. The summed E-state index contributed by atoms with van der Waals surface area (Å²) in [7, 11) is 0. The first-order valence-electron chi connectivity index (χ1n) is 7.21. The van der Waals surface area contributed by atoms with E-state index in [-0.39, 0.29) is 11.2 Å². The monoisotopic (exact) mass is 341 g/mol. The largest absolute Gasteiger partial charge is 0.380 e. The lowest BCUT2D eigenvalue weighted by atomic mass is 10.0. The molecule has 2 aliphatic rings. The fourth-order valence-corrected chi connectivity index (χ4v) is 2.97. The van der Waals surface area contributed by atoms with Crippen molar-refractivity contribution >= 4 is 21.6 Å². The highest BCUT2D eigenvalue weighted by Gasteiger charge is 2.30. The van der Waals surface area contributed by atoms with Gasteiger partial charge in [-0.05, 0) is 54.5 Å². The van der Waals surface area contributed by atoms with Crippen molar-refractivity contribution in [1.82, 2.24) is 9.78 Å². The maximum absolute atomic E-state index is 12.2. The van der Waals surface area contributed by atoms with Crippen LogP contribution in [0.3, 0.4) is 0 Å². The molecule has 0 amide bonds. The van der Waals surface area contributed by atoms with Crippen molar-refractivity contribution in [3.8, 4) is 0 Å². The average molecular weight is 342 g/mol. The van der Waals surface area contributed by atoms with Crippen molar-refractivity contribution in [1.29, 1.82) is 0 Å². The quantitative estimate of drug-likeness (QED) is 0.893. The number of ether oxygens (including phenoxy) is 1. The molecular formula is C14H20BrN3O2. The van der Waals surface area contributed by atoms with E-state index in [1.807, 2.05) is 0 Å². The highest BCUT2D eigenvalue weighted by Crippen LogP contribution is 2.30. The maximum Gasteiger partial charge on any atom is 0.283 e. The van der Waals surface area contributed by atoms with E-state index in [0.717, 1.165) is 31.7 Å². The number of rotatable bonds is 5. The molecule has 0 bridgehead atoms. The molecule has 1 saturated carbocycles. The van der Waals surface area contributed by atoms with Crippen molar-refractivity contribution in [3.05, 3.63) is 21.0 Å². The lowest BCUT2D eigenvalue weighted by molar-refractivity contribution is 0.0315. The van der Waals surface area contributed by atoms with Gasteiger partial charge in [0.05, 0.1) is 17.5 Å². The van der Waals surface area contributed by atoms with Gasteiger partial charge in [-0.15, -0.1) is 0 Å². The molecule has 0 radical (unpaired) electrons. The summed E-state index contributed by atoms with van der Waals surface area (Å²) < 4.78 is 7.86. The van der Waals surface area contributed by atoms with Crippen LogP contribution in [0.5, 0.6) is 0 Å². The SMILES string of the molecule is CC1(CNc2cnn(CC3CC3)c(=O)c2Br)CCCO1. The molecule has 0 spiro atoms. The number of aromatic nitrogens is 2. The van der Waals surface area contributed by atoms with Gasteiger partial charge < -0.3 is 10.1 Å². The molecule has 5 nitrogen and oxygen atoms in total. The van der Waals surface area contributed by atoms with Crippen LogP contribution in [-0.4, -0.2) is 28.5 Å². The highest BCUT2D eigenvalue weighted by atomic mass is 79.9. The summed E-state index contributed by atoms with van der Waals surface area (Å²) in [5.74, 6) is 0.636. The third-order valence-electron chi connectivity index (χ3n) is 4.07. The van der Waals surface area contributed by atoms with Crippen molar-refractivity contribution in [2.24, 2.45) is 5.92 Å². The van der Waals surface area contributed by atoms with Gasteiger partial charge in [0.15, 0.2) is 0 Å². The Bertz CT molecular complexity index is 548. The van der Waals surface area contributed by atoms with Crippen molar-refractivity contribution in [3.63, 3.8) is 0 Å². The van der Waals surface area contributed by atoms with Gasteiger partial charge in [-0.25, -0.2) is 4.68 Å². The van der Waals surface area contributed by atoms with Gasteiger partial charge in [-0.1, -0.05) is 0 Å². The molecule has 1 saturated heterocycles. The highest BCUT2D eigenvalue weighted by molar-refractivity contribution is 9.10. The van der Waals surface area contributed by atoms with E-state index in [1.54, 1.807) is 10.9 Å². The molecule has 1 aromatic rings. The van der Waals surface area contributed by atoms with Crippen LogP contribution in [0.2, 0.25) is 0 Å². The van der Waals surface area contributed by atoms with Crippen LogP contribution < -0.4 is 10.9 Å². The molecule has 1 N–H and O–H groups in total. The Morgan fingerprint density at radius 3 is 3.05 bits per heavy atom. The second kappa shape index (κ2) is 5.48. The van der Waals surface area contributed by atoms with E-state index in [0.29, 0.717) is 16.9 Å². The van der Waals surface area contributed by atoms with Gasteiger partial charge >= 0.3 is 0 Å². The van der Waals surface area contributed by atoms with Crippen LogP contribution in [-0.2, 0) is 11.3 Å². The third-order valence-corrected chi connectivity index (χ3v) is 4.83. The van der Waals surface area contributed by atoms with E-state index in [1.165, 1.54) is 12.8 Å². The number of nitrogens with zero attached hydrogens (tertiary/aromatic N) is 2. The summed E-state index contributed by atoms with van der Waals surface area (Å²) in [4.78, 5) is 12.2. The van der Waals surface area contributed by atoms with Crippen LogP contribution >= 0.6 is 15.9 Å². The topological polar surface area (TPSA) is 56.2 Å². The molecule has 110 valence electrons. The Morgan fingerprint density at radius 1 is 1.60 bits per heavy atom. The number of nitrogens with one attached hydrogen (secondary N) is 1. The lowest BCUT2D eigenvalue weighted by Gasteiger charge is -2.24. The molecule has 1 aliphatic heterocycles. The Kier molecular flexibility index (Phi) is 3.86.